The number of hydrogen-bond donors (Lipinski definition) is 4. The van der Waals surface area contributed by atoms with Crippen molar-refractivity contribution in [1.82, 2.24) is 25.6 Å². The fourth-order valence-corrected chi connectivity index (χ4v) is 4.83. The SMILES string of the molecule is O=C1CC[C@H](C(=O)N[C@H]2CC[C@H](Nc3cc(-c4c[nH]c5ncccc45)cc(Cl)n3)CC2)N1. The topological polar surface area (TPSA) is 112 Å². The average Bonchev–Trinajstić information content (AvgIpc) is 3.41. The molecule has 0 unspecified atom stereocenters. The first kappa shape index (κ1) is 20.8. The molecule has 2 amide bonds. The predicted octanol–water partition coefficient (Wildman–Crippen LogP) is 3.40. The van der Waals surface area contributed by atoms with Crippen LogP contribution in [-0.2, 0) is 9.59 Å². The maximum Gasteiger partial charge on any atom is 0.242 e. The lowest BCUT2D eigenvalue weighted by Gasteiger charge is -2.30. The van der Waals surface area contributed by atoms with Crippen LogP contribution in [0.25, 0.3) is 22.2 Å². The van der Waals surface area contributed by atoms with Gasteiger partial charge in [-0.25, -0.2) is 9.97 Å². The fraction of sp³-hybridized carbons (Fsp3) is 0.391. The Morgan fingerprint density at radius 1 is 1.12 bits per heavy atom. The van der Waals surface area contributed by atoms with Gasteiger partial charge in [0.2, 0.25) is 11.8 Å². The van der Waals surface area contributed by atoms with Crippen molar-refractivity contribution in [3.05, 3.63) is 41.8 Å². The normalized spacial score (nSPS) is 23.2. The van der Waals surface area contributed by atoms with Gasteiger partial charge in [0.25, 0.3) is 0 Å². The van der Waals surface area contributed by atoms with Crippen molar-refractivity contribution in [2.24, 2.45) is 0 Å². The highest BCUT2D eigenvalue weighted by Gasteiger charge is 2.30. The summed E-state index contributed by atoms with van der Waals surface area (Å²) in [5.41, 5.74) is 2.85. The number of hydrogen-bond acceptors (Lipinski definition) is 5. The van der Waals surface area contributed by atoms with Crippen molar-refractivity contribution in [3.63, 3.8) is 0 Å². The number of nitrogens with one attached hydrogen (secondary N) is 4. The van der Waals surface area contributed by atoms with E-state index in [2.05, 4.69) is 30.9 Å². The van der Waals surface area contributed by atoms with Gasteiger partial charge in [0.15, 0.2) is 0 Å². The van der Waals surface area contributed by atoms with Crippen molar-refractivity contribution in [3.8, 4) is 11.1 Å². The van der Waals surface area contributed by atoms with Gasteiger partial charge in [0.1, 0.15) is 22.7 Å². The molecule has 1 aliphatic heterocycles. The second-order valence-electron chi connectivity index (χ2n) is 8.53. The molecule has 2 fully saturated rings. The number of anilines is 1. The van der Waals surface area contributed by atoms with Crippen LogP contribution >= 0.6 is 11.6 Å². The van der Waals surface area contributed by atoms with Crippen LogP contribution in [0.2, 0.25) is 5.15 Å². The zero-order chi connectivity index (χ0) is 22.1. The Kier molecular flexibility index (Phi) is 5.70. The van der Waals surface area contributed by atoms with Gasteiger partial charge in [0, 0.05) is 41.8 Å². The van der Waals surface area contributed by atoms with Gasteiger partial charge in [-0.05, 0) is 61.9 Å². The summed E-state index contributed by atoms with van der Waals surface area (Å²) in [5.74, 6) is 0.629. The minimum Gasteiger partial charge on any atom is -0.367 e. The maximum atomic E-state index is 12.3. The van der Waals surface area contributed by atoms with E-state index in [4.69, 9.17) is 11.6 Å². The summed E-state index contributed by atoms with van der Waals surface area (Å²) in [5, 5.41) is 10.8. The van der Waals surface area contributed by atoms with Gasteiger partial charge in [-0.1, -0.05) is 11.6 Å². The number of aromatic nitrogens is 3. The van der Waals surface area contributed by atoms with Crippen LogP contribution < -0.4 is 16.0 Å². The van der Waals surface area contributed by atoms with Gasteiger partial charge < -0.3 is 20.9 Å². The minimum atomic E-state index is -0.382. The Bertz CT molecular complexity index is 1150. The Hall–Kier alpha value is -3.13. The first-order chi connectivity index (χ1) is 15.5. The van der Waals surface area contributed by atoms with E-state index in [1.165, 1.54) is 0 Å². The first-order valence-corrected chi connectivity index (χ1v) is 11.4. The van der Waals surface area contributed by atoms with Gasteiger partial charge in [-0.15, -0.1) is 0 Å². The molecule has 1 saturated heterocycles. The molecule has 1 aliphatic carbocycles. The Morgan fingerprint density at radius 2 is 1.94 bits per heavy atom. The summed E-state index contributed by atoms with van der Waals surface area (Å²) in [6, 6.07) is 7.83. The number of fused-ring (bicyclic) bond motifs is 1. The summed E-state index contributed by atoms with van der Waals surface area (Å²) in [7, 11) is 0. The van der Waals surface area contributed by atoms with Crippen molar-refractivity contribution in [1.29, 1.82) is 0 Å². The third kappa shape index (κ3) is 4.41. The monoisotopic (exact) mass is 452 g/mol. The number of nitrogens with zero attached hydrogens (tertiary/aromatic N) is 2. The van der Waals surface area contributed by atoms with E-state index >= 15 is 0 Å². The highest BCUT2D eigenvalue weighted by atomic mass is 35.5. The number of aromatic amines is 1. The summed E-state index contributed by atoms with van der Waals surface area (Å²) < 4.78 is 0. The van der Waals surface area contributed by atoms with E-state index < -0.39 is 0 Å². The molecule has 166 valence electrons. The molecule has 4 heterocycles. The van der Waals surface area contributed by atoms with E-state index in [0.29, 0.717) is 18.0 Å². The Labute approximate surface area is 190 Å². The molecular formula is C23H25ClN6O2. The zero-order valence-corrected chi connectivity index (χ0v) is 18.3. The van der Waals surface area contributed by atoms with Gasteiger partial charge in [-0.3, -0.25) is 9.59 Å². The highest BCUT2D eigenvalue weighted by Crippen LogP contribution is 2.31. The predicted molar refractivity (Wildman–Crippen MR) is 123 cm³/mol. The average molecular weight is 453 g/mol. The van der Waals surface area contributed by atoms with Crippen molar-refractivity contribution in [2.45, 2.75) is 56.7 Å². The fourth-order valence-electron chi connectivity index (χ4n) is 4.62. The molecule has 3 aromatic rings. The smallest absolute Gasteiger partial charge is 0.242 e. The van der Waals surface area contributed by atoms with E-state index in [1.54, 1.807) is 6.20 Å². The molecule has 2 aliphatic rings. The third-order valence-electron chi connectivity index (χ3n) is 6.29. The number of carbonyl (C=O) groups is 2. The van der Waals surface area contributed by atoms with Gasteiger partial charge in [-0.2, -0.15) is 0 Å². The number of amides is 2. The quantitative estimate of drug-likeness (QED) is 0.443. The first-order valence-electron chi connectivity index (χ1n) is 11.0. The second-order valence-corrected chi connectivity index (χ2v) is 8.91. The van der Waals surface area contributed by atoms with Crippen LogP contribution in [-0.4, -0.2) is 44.9 Å². The highest BCUT2D eigenvalue weighted by molar-refractivity contribution is 6.29. The molecule has 1 atom stereocenters. The van der Waals surface area contributed by atoms with E-state index in [0.717, 1.165) is 53.7 Å². The zero-order valence-electron chi connectivity index (χ0n) is 17.5. The van der Waals surface area contributed by atoms with Crippen LogP contribution in [0.3, 0.4) is 0 Å². The molecule has 1 saturated carbocycles. The van der Waals surface area contributed by atoms with E-state index in [1.807, 2.05) is 30.5 Å². The van der Waals surface area contributed by atoms with E-state index in [9.17, 15) is 9.59 Å². The summed E-state index contributed by atoms with van der Waals surface area (Å²) in [6.07, 6.45) is 8.31. The largest absolute Gasteiger partial charge is 0.367 e. The van der Waals surface area contributed by atoms with Crippen molar-refractivity contribution in [2.75, 3.05) is 5.32 Å². The number of H-pyrrole nitrogens is 1. The summed E-state index contributed by atoms with van der Waals surface area (Å²) in [4.78, 5) is 35.7. The van der Waals surface area contributed by atoms with Gasteiger partial charge >= 0.3 is 0 Å². The molecule has 9 heteroatoms. The number of halogens is 1. The molecule has 8 nitrogen and oxygen atoms in total. The van der Waals surface area contributed by atoms with Crippen LogP contribution in [0, 0.1) is 0 Å². The number of carbonyl (C=O) groups excluding carboxylic acids is 2. The summed E-state index contributed by atoms with van der Waals surface area (Å²) in [6.45, 7) is 0. The molecule has 0 aromatic carbocycles. The standard InChI is InChI=1S/C23H25ClN6O2/c24-19-10-13(17-12-26-22-16(17)2-1-9-25-22)11-20(30-19)27-14-3-5-15(6-4-14)28-23(32)18-7-8-21(31)29-18/h1-2,9-12,14-15,18H,3-8H2,(H,25,26)(H,27,30)(H,28,32)(H,29,31)/t14-,15-,18-/m1/s1. The molecule has 0 radical (unpaired) electrons. The van der Waals surface area contributed by atoms with Crippen LogP contribution in [0.5, 0.6) is 0 Å². The third-order valence-corrected chi connectivity index (χ3v) is 6.49. The lowest BCUT2D eigenvalue weighted by molar-refractivity contribution is -0.126. The molecule has 5 rings (SSSR count). The van der Waals surface area contributed by atoms with Crippen molar-refractivity contribution >= 4 is 40.3 Å². The Morgan fingerprint density at radius 3 is 2.72 bits per heavy atom. The van der Waals surface area contributed by atoms with Crippen LogP contribution in [0.1, 0.15) is 38.5 Å². The molecular weight excluding hydrogens is 428 g/mol. The van der Waals surface area contributed by atoms with E-state index in [-0.39, 0.29) is 29.9 Å². The number of rotatable bonds is 5. The van der Waals surface area contributed by atoms with Crippen LogP contribution in [0.15, 0.2) is 36.7 Å². The molecule has 32 heavy (non-hydrogen) atoms. The Balaban J connectivity index is 1.21. The molecule has 0 spiro atoms. The lowest BCUT2D eigenvalue weighted by Crippen LogP contribution is -2.47. The number of pyridine rings is 2. The maximum absolute atomic E-state index is 12.3. The molecule has 4 N–H and O–H groups in total. The molecule has 0 bridgehead atoms. The van der Waals surface area contributed by atoms with Crippen molar-refractivity contribution < 1.29 is 9.59 Å². The summed E-state index contributed by atoms with van der Waals surface area (Å²) >= 11 is 6.33. The minimum absolute atomic E-state index is 0.0460. The lowest BCUT2D eigenvalue weighted by atomic mass is 9.91. The van der Waals surface area contributed by atoms with Crippen LogP contribution in [0.4, 0.5) is 5.82 Å². The molecule has 3 aromatic heterocycles. The second kappa shape index (κ2) is 8.78. The van der Waals surface area contributed by atoms with Gasteiger partial charge in [0.05, 0.1) is 0 Å².